The molecule has 27 heavy (non-hydrogen) atoms. The van der Waals surface area contributed by atoms with Crippen molar-refractivity contribution in [2.24, 2.45) is 0 Å². The Labute approximate surface area is 158 Å². The maximum absolute atomic E-state index is 12.6. The van der Waals surface area contributed by atoms with Crippen molar-refractivity contribution in [2.75, 3.05) is 20.2 Å². The van der Waals surface area contributed by atoms with Crippen molar-refractivity contribution in [3.8, 4) is 11.5 Å². The molecule has 1 aliphatic rings. The number of benzene rings is 1. The highest BCUT2D eigenvalue weighted by Gasteiger charge is 2.21. The average molecular weight is 372 g/mol. The van der Waals surface area contributed by atoms with E-state index in [-0.39, 0.29) is 18.3 Å². The summed E-state index contributed by atoms with van der Waals surface area (Å²) in [4.78, 5) is 25.9. The minimum absolute atomic E-state index is 0.0493. The maximum atomic E-state index is 12.6. The molecule has 144 valence electrons. The highest BCUT2D eigenvalue weighted by molar-refractivity contribution is 5.94. The second-order valence-electron chi connectivity index (χ2n) is 6.60. The largest absolute Gasteiger partial charge is 0.493 e. The van der Waals surface area contributed by atoms with Crippen molar-refractivity contribution in [2.45, 2.75) is 39.2 Å². The summed E-state index contributed by atoms with van der Waals surface area (Å²) in [7, 11) is 1.51. The first-order chi connectivity index (χ1) is 13.1. The highest BCUT2D eigenvalue weighted by Crippen LogP contribution is 2.29. The summed E-state index contributed by atoms with van der Waals surface area (Å²) in [6.45, 7) is 3.12. The average Bonchev–Trinajstić information content (AvgIpc) is 2.98. The number of hydrogen-bond acceptors (Lipinski definition) is 6. The zero-order valence-electron chi connectivity index (χ0n) is 15.7. The Balaban J connectivity index is 1.64. The summed E-state index contributed by atoms with van der Waals surface area (Å²) in [6, 6.07) is 6.60. The lowest BCUT2D eigenvalue weighted by Gasteiger charge is -2.18. The standard InChI is InChI=1S/C20H24N2O5/c1-14(23)15-7-8-18(19(11-15)25-2)26-13-16-12-17(21-27-16)20(24)22-9-5-3-4-6-10-22/h7-8,11-12H,3-6,9-10,13H2,1-2H3. The van der Waals surface area contributed by atoms with Crippen LogP contribution in [0.2, 0.25) is 0 Å². The lowest BCUT2D eigenvalue weighted by Crippen LogP contribution is -2.32. The molecule has 2 aromatic rings. The molecule has 1 aromatic heterocycles. The van der Waals surface area contributed by atoms with Crippen molar-refractivity contribution in [1.29, 1.82) is 0 Å². The van der Waals surface area contributed by atoms with Gasteiger partial charge in [0.05, 0.1) is 7.11 Å². The number of Topliss-reactive ketones (excluding diaryl/α,β-unsaturated/α-hetero) is 1. The SMILES string of the molecule is COc1cc(C(C)=O)ccc1OCc1cc(C(=O)N2CCCCCC2)no1. The van der Waals surface area contributed by atoms with E-state index in [4.69, 9.17) is 14.0 Å². The summed E-state index contributed by atoms with van der Waals surface area (Å²) in [5.41, 5.74) is 0.846. The number of rotatable bonds is 6. The van der Waals surface area contributed by atoms with Gasteiger partial charge in [0.2, 0.25) is 0 Å². The Kier molecular flexibility index (Phi) is 6.11. The molecule has 2 heterocycles. The molecule has 0 saturated carbocycles. The van der Waals surface area contributed by atoms with E-state index in [1.54, 1.807) is 24.3 Å². The summed E-state index contributed by atoms with van der Waals surface area (Å²) < 4.78 is 16.2. The molecular formula is C20H24N2O5. The Morgan fingerprint density at radius 2 is 1.85 bits per heavy atom. The van der Waals surface area contributed by atoms with E-state index >= 15 is 0 Å². The Morgan fingerprint density at radius 1 is 1.11 bits per heavy atom. The molecule has 7 heteroatoms. The predicted molar refractivity (Wildman–Crippen MR) is 98.2 cm³/mol. The number of ketones is 1. The van der Waals surface area contributed by atoms with Gasteiger partial charge in [-0.05, 0) is 38.0 Å². The monoisotopic (exact) mass is 372 g/mol. The van der Waals surface area contributed by atoms with Crippen LogP contribution in [0.15, 0.2) is 28.8 Å². The van der Waals surface area contributed by atoms with Crippen molar-refractivity contribution in [1.82, 2.24) is 10.1 Å². The van der Waals surface area contributed by atoms with Crippen LogP contribution in [0.1, 0.15) is 59.2 Å². The number of methoxy groups -OCH3 is 1. The summed E-state index contributed by atoms with van der Waals surface area (Å²) in [6.07, 6.45) is 4.36. The number of amides is 1. The van der Waals surface area contributed by atoms with Crippen molar-refractivity contribution in [3.05, 3.63) is 41.3 Å². The van der Waals surface area contributed by atoms with Crippen LogP contribution in [0.4, 0.5) is 0 Å². The molecule has 0 atom stereocenters. The van der Waals surface area contributed by atoms with Gasteiger partial charge in [-0.2, -0.15) is 0 Å². The van der Waals surface area contributed by atoms with Crippen LogP contribution in [0.5, 0.6) is 11.5 Å². The van der Waals surface area contributed by atoms with Crippen LogP contribution in [-0.2, 0) is 6.61 Å². The zero-order chi connectivity index (χ0) is 19.2. The summed E-state index contributed by atoms with van der Waals surface area (Å²) in [5, 5.41) is 3.89. The second kappa shape index (κ2) is 8.70. The van der Waals surface area contributed by atoms with Crippen molar-refractivity contribution < 1.29 is 23.6 Å². The lowest BCUT2D eigenvalue weighted by molar-refractivity contribution is 0.0750. The molecule has 7 nitrogen and oxygen atoms in total. The molecule has 0 unspecified atom stereocenters. The molecule has 1 aromatic carbocycles. The fourth-order valence-corrected chi connectivity index (χ4v) is 3.07. The Hall–Kier alpha value is -2.83. The number of nitrogens with zero attached hydrogens (tertiary/aromatic N) is 2. The van der Waals surface area contributed by atoms with E-state index in [1.807, 2.05) is 4.90 Å². The van der Waals surface area contributed by atoms with Gasteiger partial charge in [-0.15, -0.1) is 0 Å². The molecule has 3 rings (SSSR count). The van der Waals surface area contributed by atoms with Gasteiger partial charge in [0.25, 0.3) is 5.91 Å². The van der Waals surface area contributed by atoms with E-state index in [2.05, 4.69) is 5.16 Å². The first kappa shape index (κ1) is 18.9. The van der Waals surface area contributed by atoms with Crippen LogP contribution < -0.4 is 9.47 Å². The van der Waals surface area contributed by atoms with E-state index in [1.165, 1.54) is 14.0 Å². The molecule has 1 aliphatic heterocycles. The molecule has 1 fully saturated rings. The normalized spacial score (nSPS) is 14.5. The molecule has 1 amide bonds. The smallest absolute Gasteiger partial charge is 0.276 e. The van der Waals surface area contributed by atoms with E-state index in [0.717, 1.165) is 38.8 Å². The van der Waals surface area contributed by atoms with Gasteiger partial charge >= 0.3 is 0 Å². The third kappa shape index (κ3) is 4.67. The highest BCUT2D eigenvalue weighted by atomic mass is 16.5. The molecule has 0 aliphatic carbocycles. The molecule has 0 bridgehead atoms. The molecule has 1 saturated heterocycles. The first-order valence-corrected chi connectivity index (χ1v) is 9.15. The third-order valence-corrected chi connectivity index (χ3v) is 4.61. The molecule has 0 spiro atoms. The van der Waals surface area contributed by atoms with Gasteiger partial charge in [0.1, 0.15) is 6.61 Å². The van der Waals surface area contributed by atoms with Gasteiger partial charge in [-0.25, -0.2) is 0 Å². The third-order valence-electron chi connectivity index (χ3n) is 4.61. The molecule has 0 N–H and O–H groups in total. The van der Waals surface area contributed by atoms with E-state index < -0.39 is 0 Å². The van der Waals surface area contributed by atoms with Crippen molar-refractivity contribution >= 4 is 11.7 Å². The maximum Gasteiger partial charge on any atom is 0.276 e. The number of aromatic nitrogens is 1. The van der Waals surface area contributed by atoms with Crippen molar-refractivity contribution in [3.63, 3.8) is 0 Å². The van der Waals surface area contributed by atoms with Gasteiger partial charge in [0, 0.05) is 24.7 Å². The number of carbonyl (C=O) groups excluding carboxylic acids is 2. The minimum Gasteiger partial charge on any atom is -0.493 e. The number of carbonyl (C=O) groups is 2. The van der Waals surface area contributed by atoms with Gasteiger partial charge in [-0.3, -0.25) is 9.59 Å². The molecular weight excluding hydrogens is 348 g/mol. The Bertz CT molecular complexity index is 806. The van der Waals surface area contributed by atoms with Gasteiger partial charge in [-0.1, -0.05) is 18.0 Å². The van der Waals surface area contributed by atoms with Gasteiger partial charge < -0.3 is 18.9 Å². The van der Waals surface area contributed by atoms with Crippen LogP contribution in [0, 0.1) is 0 Å². The fraction of sp³-hybridized carbons (Fsp3) is 0.450. The van der Waals surface area contributed by atoms with Gasteiger partial charge in [0.15, 0.2) is 28.7 Å². The van der Waals surface area contributed by atoms with E-state index in [0.29, 0.717) is 28.5 Å². The van der Waals surface area contributed by atoms with E-state index in [9.17, 15) is 9.59 Å². The topological polar surface area (TPSA) is 81.9 Å². The summed E-state index contributed by atoms with van der Waals surface area (Å²) >= 11 is 0. The predicted octanol–water partition coefficient (Wildman–Crippen LogP) is 3.48. The first-order valence-electron chi connectivity index (χ1n) is 9.15. The van der Waals surface area contributed by atoms with Crippen LogP contribution >= 0.6 is 0 Å². The fourth-order valence-electron chi connectivity index (χ4n) is 3.07. The lowest BCUT2D eigenvalue weighted by atomic mass is 10.1. The number of hydrogen-bond donors (Lipinski definition) is 0. The number of ether oxygens (including phenoxy) is 2. The second-order valence-corrected chi connectivity index (χ2v) is 6.60. The number of likely N-dealkylation sites (tertiary alicyclic amines) is 1. The van der Waals surface area contributed by atoms with Crippen LogP contribution in [0.25, 0.3) is 0 Å². The summed E-state index contributed by atoms with van der Waals surface area (Å²) in [5.74, 6) is 1.25. The quantitative estimate of drug-likeness (QED) is 0.722. The van der Waals surface area contributed by atoms with Crippen LogP contribution in [-0.4, -0.2) is 41.9 Å². The zero-order valence-corrected chi connectivity index (χ0v) is 15.7. The molecule has 0 radical (unpaired) electrons. The minimum atomic E-state index is -0.102. The van der Waals surface area contributed by atoms with Crippen LogP contribution in [0.3, 0.4) is 0 Å². The Morgan fingerprint density at radius 3 is 2.52 bits per heavy atom.